The number of ether oxygens (including phenoxy) is 2. The van der Waals surface area contributed by atoms with Crippen molar-refractivity contribution >= 4 is 12.1 Å². The first-order valence-electron chi connectivity index (χ1n) is 8.63. The molecule has 1 rings (SSSR count). The summed E-state index contributed by atoms with van der Waals surface area (Å²) in [4.78, 5) is 22.9. The zero-order valence-electron chi connectivity index (χ0n) is 14.9. The summed E-state index contributed by atoms with van der Waals surface area (Å²) in [6.07, 6.45) is 9.25. The molecule has 0 radical (unpaired) electrons. The predicted molar refractivity (Wildman–Crippen MR) is 90.1 cm³/mol. The van der Waals surface area contributed by atoms with Gasteiger partial charge < -0.3 is 14.8 Å². The number of carbonyl (C=O) groups is 2. The highest BCUT2D eigenvalue weighted by molar-refractivity contribution is 5.81. The summed E-state index contributed by atoms with van der Waals surface area (Å²) in [6.45, 7) is 7.82. The first-order chi connectivity index (χ1) is 10.8. The molecule has 0 spiro atoms. The molecule has 5 nitrogen and oxygen atoms in total. The predicted octanol–water partition coefficient (Wildman–Crippen LogP) is 3.97. The lowest BCUT2D eigenvalue weighted by atomic mass is 9.83. The number of hydrogen-bond donors (Lipinski definition) is 1. The largest absolute Gasteiger partial charge is 0.463 e. The molecule has 1 amide bonds. The first-order valence-corrected chi connectivity index (χ1v) is 8.63. The van der Waals surface area contributed by atoms with Gasteiger partial charge in [0.1, 0.15) is 5.60 Å². The fourth-order valence-corrected chi connectivity index (χ4v) is 2.77. The van der Waals surface area contributed by atoms with E-state index in [-0.39, 0.29) is 18.1 Å². The SMILES string of the molecule is CCOC(=O)/C=C/CCC1CCC(NC(=O)OC(C)(C)C)CC1. The molecule has 132 valence electrons. The van der Waals surface area contributed by atoms with E-state index in [0.717, 1.165) is 38.5 Å². The van der Waals surface area contributed by atoms with Crippen LogP contribution in [0.5, 0.6) is 0 Å². The Hall–Kier alpha value is -1.52. The lowest BCUT2D eigenvalue weighted by Crippen LogP contribution is -2.40. The average molecular weight is 325 g/mol. The van der Waals surface area contributed by atoms with Crippen molar-refractivity contribution in [3.8, 4) is 0 Å². The summed E-state index contributed by atoms with van der Waals surface area (Å²) in [7, 11) is 0. The van der Waals surface area contributed by atoms with Crippen LogP contribution in [0.1, 0.15) is 66.2 Å². The van der Waals surface area contributed by atoms with Gasteiger partial charge in [0.25, 0.3) is 0 Å². The highest BCUT2D eigenvalue weighted by Crippen LogP contribution is 2.28. The van der Waals surface area contributed by atoms with Crippen LogP contribution >= 0.6 is 0 Å². The van der Waals surface area contributed by atoms with Gasteiger partial charge in [-0.1, -0.05) is 6.08 Å². The second-order valence-electron chi connectivity index (χ2n) is 7.10. The van der Waals surface area contributed by atoms with Gasteiger partial charge in [0.15, 0.2) is 0 Å². The fraction of sp³-hybridized carbons (Fsp3) is 0.778. The standard InChI is InChI=1S/C18H31NO4/c1-5-22-16(20)9-7-6-8-14-10-12-15(13-11-14)19-17(21)23-18(2,3)4/h7,9,14-15H,5-6,8,10-13H2,1-4H3,(H,19,21)/b9-7+. The zero-order chi connectivity index (χ0) is 17.3. The van der Waals surface area contributed by atoms with Gasteiger partial charge >= 0.3 is 12.1 Å². The first kappa shape index (κ1) is 19.5. The van der Waals surface area contributed by atoms with E-state index in [2.05, 4.69) is 5.32 Å². The molecule has 0 unspecified atom stereocenters. The lowest BCUT2D eigenvalue weighted by molar-refractivity contribution is -0.137. The summed E-state index contributed by atoms with van der Waals surface area (Å²) < 4.78 is 10.1. The number of amides is 1. The summed E-state index contributed by atoms with van der Waals surface area (Å²) >= 11 is 0. The van der Waals surface area contributed by atoms with E-state index in [1.807, 2.05) is 26.8 Å². The van der Waals surface area contributed by atoms with Crippen molar-refractivity contribution in [2.45, 2.75) is 77.9 Å². The molecular weight excluding hydrogens is 294 g/mol. The molecule has 5 heteroatoms. The quantitative estimate of drug-likeness (QED) is 0.593. The monoisotopic (exact) mass is 325 g/mol. The van der Waals surface area contributed by atoms with Gasteiger partial charge in [-0.2, -0.15) is 0 Å². The van der Waals surface area contributed by atoms with Crippen LogP contribution in [-0.4, -0.2) is 30.3 Å². The maximum atomic E-state index is 11.8. The van der Waals surface area contributed by atoms with Gasteiger partial charge in [-0.05, 0) is 72.1 Å². The van der Waals surface area contributed by atoms with Crippen LogP contribution in [0, 0.1) is 5.92 Å². The number of hydrogen-bond acceptors (Lipinski definition) is 4. The molecule has 1 fully saturated rings. The maximum Gasteiger partial charge on any atom is 0.407 e. The molecule has 0 saturated heterocycles. The molecule has 0 aromatic rings. The third kappa shape index (κ3) is 9.26. The Balaban J connectivity index is 2.18. The van der Waals surface area contributed by atoms with Crippen molar-refractivity contribution in [3.05, 3.63) is 12.2 Å². The number of rotatable bonds is 6. The molecule has 0 bridgehead atoms. The normalized spacial score (nSPS) is 21.9. The molecule has 1 N–H and O–H groups in total. The summed E-state index contributed by atoms with van der Waals surface area (Å²) in [5.41, 5.74) is -0.452. The minimum atomic E-state index is -0.452. The number of allylic oxidation sites excluding steroid dienone is 1. The van der Waals surface area contributed by atoms with Crippen molar-refractivity contribution in [1.29, 1.82) is 0 Å². The van der Waals surface area contributed by atoms with Crippen LogP contribution in [0.25, 0.3) is 0 Å². The van der Waals surface area contributed by atoms with Gasteiger partial charge in [0.2, 0.25) is 0 Å². The van der Waals surface area contributed by atoms with Crippen LogP contribution in [0.2, 0.25) is 0 Å². The van der Waals surface area contributed by atoms with Crippen molar-refractivity contribution in [3.63, 3.8) is 0 Å². The van der Waals surface area contributed by atoms with E-state index in [9.17, 15) is 9.59 Å². The topological polar surface area (TPSA) is 64.6 Å². The Bertz CT molecular complexity index is 404. The van der Waals surface area contributed by atoms with Crippen LogP contribution < -0.4 is 5.32 Å². The second-order valence-corrected chi connectivity index (χ2v) is 7.10. The Labute approximate surface area is 139 Å². The van der Waals surface area contributed by atoms with Crippen LogP contribution in [0.4, 0.5) is 4.79 Å². The van der Waals surface area contributed by atoms with Crippen LogP contribution in [-0.2, 0) is 14.3 Å². The minimum Gasteiger partial charge on any atom is -0.463 e. The van der Waals surface area contributed by atoms with Gasteiger partial charge in [-0.25, -0.2) is 9.59 Å². The third-order valence-corrected chi connectivity index (χ3v) is 3.85. The fourth-order valence-electron chi connectivity index (χ4n) is 2.77. The minimum absolute atomic E-state index is 0.219. The molecule has 23 heavy (non-hydrogen) atoms. The molecule has 0 atom stereocenters. The Morgan fingerprint density at radius 1 is 1.17 bits per heavy atom. The zero-order valence-corrected chi connectivity index (χ0v) is 14.9. The van der Waals surface area contributed by atoms with Crippen molar-refractivity contribution in [2.24, 2.45) is 5.92 Å². The van der Waals surface area contributed by atoms with Gasteiger partial charge in [0, 0.05) is 12.1 Å². The van der Waals surface area contributed by atoms with E-state index in [4.69, 9.17) is 9.47 Å². The second kappa shape index (κ2) is 9.58. The van der Waals surface area contributed by atoms with E-state index >= 15 is 0 Å². The van der Waals surface area contributed by atoms with Crippen LogP contribution in [0.15, 0.2) is 12.2 Å². The highest BCUT2D eigenvalue weighted by Gasteiger charge is 2.24. The summed E-state index contributed by atoms with van der Waals surface area (Å²) in [5, 5.41) is 2.96. The summed E-state index contributed by atoms with van der Waals surface area (Å²) in [6, 6.07) is 0.219. The molecular formula is C18H31NO4. The number of alkyl carbamates (subject to hydrolysis) is 1. The molecule has 0 aliphatic heterocycles. The van der Waals surface area contributed by atoms with Crippen LogP contribution in [0.3, 0.4) is 0 Å². The average Bonchev–Trinajstić information content (AvgIpc) is 2.43. The van der Waals surface area contributed by atoms with Crippen molar-refractivity contribution < 1.29 is 19.1 Å². The third-order valence-electron chi connectivity index (χ3n) is 3.85. The number of carbonyl (C=O) groups excluding carboxylic acids is 2. The van der Waals surface area contributed by atoms with E-state index in [0.29, 0.717) is 12.5 Å². The Morgan fingerprint density at radius 3 is 2.39 bits per heavy atom. The molecule has 1 saturated carbocycles. The molecule has 0 heterocycles. The lowest BCUT2D eigenvalue weighted by Gasteiger charge is -2.30. The van der Waals surface area contributed by atoms with E-state index in [1.165, 1.54) is 6.08 Å². The Morgan fingerprint density at radius 2 is 1.83 bits per heavy atom. The van der Waals surface area contributed by atoms with Gasteiger partial charge in [-0.15, -0.1) is 0 Å². The highest BCUT2D eigenvalue weighted by atomic mass is 16.6. The molecule has 1 aliphatic rings. The summed E-state index contributed by atoms with van der Waals surface area (Å²) in [5.74, 6) is 0.399. The molecule has 1 aliphatic carbocycles. The number of nitrogens with one attached hydrogen (secondary N) is 1. The van der Waals surface area contributed by atoms with Crippen molar-refractivity contribution in [2.75, 3.05) is 6.61 Å². The molecule has 0 aromatic heterocycles. The van der Waals surface area contributed by atoms with Crippen molar-refractivity contribution in [1.82, 2.24) is 5.32 Å². The Kier molecular flexibility index (Phi) is 8.13. The smallest absolute Gasteiger partial charge is 0.407 e. The van der Waals surface area contributed by atoms with E-state index in [1.54, 1.807) is 6.92 Å². The van der Waals surface area contributed by atoms with E-state index < -0.39 is 5.60 Å². The number of esters is 1. The van der Waals surface area contributed by atoms with Gasteiger partial charge in [-0.3, -0.25) is 0 Å². The van der Waals surface area contributed by atoms with Gasteiger partial charge in [0.05, 0.1) is 6.61 Å². The maximum absolute atomic E-state index is 11.8. The molecule has 0 aromatic carbocycles.